The molecule has 0 unspecified atom stereocenters. The smallest absolute Gasteiger partial charge is 0.223 e. The molecule has 0 saturated carbocycles. The lowest BCUT2D eigenvalue weighted by molar-refractivity contribution is -0.126. The number of piperidine rings is 1. The topological polar surface area (TPSA) is 66.5 Å². The molecule has 2 aromatic carbocycles. The Bertz CT molecular complexity index is 919. The molecule has 0 radical (unpaired) electrons. The van der Waals surface area contributed by atoms with Crippen LogP contribution >= 0.6 is 0 Å². The van der Waals surface area contributed by atoms with E-state index in [1.165, 1.54) is 9.87 Å². The second kappa shape index (κ2) is 10.2. The van der Waals surface area contributed by atoms with Crippen LogP contribution in [0.5, 0.6) is 0 Å². The van der Waals surface area contributed by atoms with Gasteiger partial charge >= 0.3 is 0 Å². The van der Waals surface area contributed by atoms with Gasteiger partial charge in [-0.3, -0.25) is 4.79 Å². The number of hydrogen-bond donors (Lipinski definition) is 1. The van der Waals surface area contributed by atoms with E-state index in [4.69, 9.17) is 0 Å². The van der Waals surface area contributed by atoms with E-state index in [9.17, 15) is 13.2 Å². The molecule has 162 valence electrons. The van der Waals surface area contributed by atoms with Crippen molar-refractivity contribution in [3.63, 3.8) is 0 Å². The fourth-order valence-corrected chi connectivity index (χ4v) is 5.41. The van der Waals surface area contributed by atoms with Gasteiger partial charge in [-0.15, -0.1) is 0 Å². The van der Waals surface area contributed by atoms with Crippen molar-refractivity contribution >= 4 is 15.9 Å². The summed E-state index contributed by atoms with van der Waals surface area (Å²) >= 11 is 0. The first-order valence-corrected chi connectivity index (χ1v) is 12.3. The summed E-state index contributed by atoms with van der Waals surface area (Å²) in [6.07, 6.45) is 2.96. The summed E-state index contributed by atoms with van der Waals surface area (Å²) in [5, 5.41) is 3.11. The number of nitrogens with zero attached hydrogens (tertiary/aromatic N) is 1. The van der Waals surface area contributed by atoms with Crippen LogP contribution in [0.25, 0.3) is 0 Å². The minimum absolute atomic E-state index is 0.0145. The van der Waals surface area contributed by atoms with E-state index in [1.807, 2.05) is 56.3 Å². The maximum atomic E-state index is 12.7. The van der Waals surface area contributed by atoms with E-state index < -0.39 is 10.0 Å². The molecule has 0 spiro atoms. The molecule has 1 N–H and O–H groups in total. The van der Waals surface area contributed by atoms with Crippen LogP contribution in [0.4, 0.5) is 0 Å². The van der Waals surface area contributed by atoms with Gasteiger partial charge in [0.2, 0.25) is 15.9 Å². The summed E-state index contributed by atoms with van der Waals surface area (Å²) in [5.74, 6) is -0.0538. The van der Waals surface area contributed by atoms with Crippen molar-refractivity contribution in [1.82, 2.24) is 9.62 Å². The molecule has 1 amide bonds. The Morgan fingerprint density at radius 2 is 1.67 bits per heavy atom. The number of amides is 1. The molecule has 1 fully saturated rings. The number of sulfonamides is 1. The van der Waals surface area contributed by atoms with Crippen molar-refractivity contribution in [3.05, 3.63) is 71.3 Å². The molecule has 0 aliphatic carbocycles. The number of carbonyl (C=O) groups excluding carboxylic acids is 1. The van der Waals surface area contributed by atoms with Gasteiger partial charge in [0.1, 0.15) is 0 Å². The predicted molar refractivity (Wildman–Crippen MR) is 120 cm³/mol. The summed E-state index contributed by atoms with van der Waals surface area (Å²) < 4.78 is 27.0. The second-order valence-electron chi connectivity index (χ2n) is 8.35. The lowest BCUT2D eigenvalue weighted by Crippen LogP contribution is -2.45. The van der Waals surface area contributed by atoms with Gasteiger partial charge in [0.25, 0.3) is 0 Å². The molecule has 3 rings (SSSR count). The van der Waals surface area contributed by atoms with Gasteiger partial charge in [-0.1, -0.05) is 60.2 Å². The van der Waals surface area contributed by atoms with Crippen molar-refractivity contribution in [2.45, 2.75) is 51.3 Å². The molecule has 5 nitrogen and oxygen atoms in total. The van der Waals surface area contributed by atoms with Crippen LogP contribution in [0.3, 0.4) is 0 Å². The maximum absolute atomic E-state index is 12.7. The molecule has 0 aromatic heterocycles. The first kappa shape index (κ1) is 22.5. The lowest BCUT2D eigenvalue weighted by Gasteiger charge is -2.31. The normalized spacial score (nSPS) is 16.9. The Morgan fingerprint density at radius 1 is 1.03 bits per heavy atom. The third-order valence-corrected chi connectivity index (χ3v) is 7.64. The maximum Gasteiger partial charge on any atom is 0.223 e. The van der Waals surface area contributed by atoms with Crippen LogP contribution in [-0.4, -0.2) is 37.8 Å². The number of aryl methyl sites for hydroxylation is 2. The third kappa shape index (κ3) is 6.41. The second-order valence-corrected chi connectivity index (χ2v) is 10.3. The van der Waals surface area contributed by atoms with E-state index >= 15 is 0 Å². The van der Waals surface area contributed by atoms with Crippen molar-refractivity contribution in [2.24, 2.45) is 5.92 Å². The van der Waals surface area contributed by atoms with E-state index in [0.717, 1.165) is 24.0 Å². The Kier molecular flexibility index (Phi) is 7.67. The molecule has 6 heteroatoms. The summed E-state index contributed by atoms with van der Waals surface area (Å²) in [6.45, 7) is 4.83. The van der Waals surface area contributed by atoms with Crippen molar-refractivity contribution in [1.29, 1.82) is 0 Å². The van der Waals surface area contributed by atoms with Gasteiger partial charge in [0.05, 0.1) is 5.75 Å². The average molecular weight is 429 g/mol. The SMILES string of the molecule is Cc1ccc(CS(=O)(=O)N2CCC(C(=O)N[C@H](C)CCc3ccccc3)CC2)cc1. The number of carbonyl (C=O) groups is 1. The zero-order valence-electron chi connectivity index (χ0n) is 17.9. The highest BCUT2D eigenvalue weighted by atomic mass is 32.2. The van der Waals surface area contributed by atoms with E-state index in [0.29, 0.717) is 25.9 Å². The van der Waals surface area contributed by atoms with Gasteiger partial charge in [0, 0.05) is 25.0 Å². The standard InChI is InChI=1S/C24H32N2O3S/c1-19-8-11-22(12-9-19)18-30(28,29)26-16-14-23(15-17-26)24(27)25-20(2)10-13-21-6-4-3-5-7-21/h3-9,11-12,20,23H,10,13-18H2,1-2H3,(H,25,27)/t20-/m1/s1. The summed E-state index contributed by atoms with van der Waals surface area (Å²) in [4.78, 5) is 12.6. The van der Waals surface area contributed by atoms with Gasteiger partial charge in [-0.05, 0) is 50.7 Å². The van der Waals surface area contributed by atoms with Crippen LogP contribution in [0, 0.1) is 12.8 Å². The average Bonchev–Trinajstić information content (AvgIpc) is 2.74. The number of benzene rings is 2. The highest BCUT2D eigenvalue weighted by molar-refractivity contribution is 7.88. The summed E-state index contributed by atoms with van der Waals surface area (Å²) in [7, 11) is -3.36. The first-order valence-electron chi connectivity index (χ1n) is 10.7. The minimum Gasteiger partial charge on any atom is -0.353 e. The molecule has 1 saturated heterocycles. The Hall–Kier alpha value is -2.18. The van der Waals surface area contributed by atoms with Crippen molar-refractivity contribution in [3.8, 4) is 0 Å². The van der Waals surface area contributed by atoms with Crippen LogP contribution in [-0.2, 0) is 27.0 Å². The highest BCUT2D eigenvalue weighted by Crippen LogP contribution is 2.22. The van der Waals surface area contributed by atoms with Crippen LogP contribution in [0.1, 0.15) is 42.9 Å². The van der Waals surface area contributed by atoms with E-state index in [2.05, 4.69) is 17.4 Å². The van der Waals surface area contributed by atoms with Crippen LogP contribution in [0.15, 0.2) is 54.6 Å². The molecule has 0 bridgehead atoms. The molecule has 1 aliphatic rings. The van der Waals surface area contributed by atoms with E-state index in [-0.39, 0.29) is 23.6 Å². The van der Waals surface area contributed by atoms with Crippen molar-refractivity contribution < 1.29 is 13.2 Å². The zero-order chi connectivity index (χ0) is 21.6. The first-order chi connectivity index (χ1) is 14.3. The van der Waals surface area contributed by atoms with Crippen LogP contribution in [0.2, 0.25) is 0 Å². The van der Waals surface area contributed by atoms with Crippen molar-refractivity contribution in [2.75, 3.05) is 13.1 Å². The molecular weight excluding hydrogens is 396 g/mol. The fourth-order valence-electron chi connectivity index (χ4n) is 3.84. The Labute approximate surface area is 180 Å². The van der Waals surface area contributed by atoms with Gasteiger partial charge < -0.3 is 5.32 Å². The molecule has 1 aliphatic heterocycles. The largest absolute Gasteiger partial charge is 0.353 e. The molecule has 1 heterocycles. The minimum atomic E-state index is -3.36. The Balaban J connectivity index is 1.44. The quantitative estimate of drug-likeness (QED) is 0.698. The number of rotatable bonds is 8. The predicted octanol–water partition coefficient (Wildman–Crippen LogP) is 3.67. The Morgan fingerprint density at radius 3 is 2.30 bits per heavy atom. The number of hydrogen-bond acceptors (Lipinski definition) is 3. The monoisotopic (exact) mass is 428 g/mol. The highest BCUT2D eigenvalue weighted by Gasteiger charge is 2.31. The van der Waals surface area contributed by atoms with Gasteiger partial charge in [-0.25, -0.2) is 12.7 Å². The van der Waals surface area contributed by atoms with Gasteiger partial charge in [-0.2, -0.15) is 0 Å². The molecule has 30 heavy (non-hydrogen) atoms. The van der Waals surface area contributed by atoms with E-state index in [1.54, 1.807) is 0 Å². The number of nitrogens with one attached hydrogen (secondary N) is 1. The molecule has 1 atom stereocenters. The van der Waals surface area contributed by atoms with Gasteiger partial charge in [0.15, 0.2) is 0 Å². The summed E-state index contributed by atoms with van der Waals surface area (Å²) in [6, 6.07) is 17.9. The zero-order valence-corrected chi connectivity index (χ0v) is 18.7. The lowest BCUT2D eigenvalue weighted by atomic mass is 9.96. The fraction of sp³-hybridized carbons (Fsp3) is 0.458. The summed E-state index contributed by atoms with van der Waals surface area (Å²) in [5.41, 5.74) is 3.18. The molecule has 2 aromatic rings. The third-order valence-electron chi connectivity index (χ3n) is 5.79. The van der Waals surface area contributed by atoms with Crippen LogP contribution < -0.4 is 5.32 Å². The molecular formula is C24H32N2O3S.